The van der Waals surface area contributed by atoms with Crippen LogP contribution in [0.2, 0.25) is 0 Å². The smallest absolute Gasteiger partial charge is 0.134 e. The van der Waals surface area contributed by atoms with Gasteiger partial charge in [-0.1, -0.05) is 0 Å². The van der Waals surface area contributed by atoms with Gasteiger partial charge in [0.2, 0.25) is 0 Å². The third-order valence-electron chi connectivity index (χ3n) is 3.17. The molecular weight excluding hydrogens is 273 g/mol. The zero-order valence-corrected chi connectivity index (χ0v) is 12.7. The zero-order valence-electron chi connectivity index (χ0n) is 11.9. The van der Waals surface area contributed by atoms with Gasteiger partial charge in [-0.3, -0.25) is 0 Å². The summed E-state index contributed by atoms with van der Waals surface area (Å²) in [6.07, 6.45) is 3.26. The molecule has 2 nitrogen and oxygen atoms in total. The number of halogens is 1. The Bertz CT molecular complexity index is 524. The van der Waals surface area contributed by atoms with Crippen LogP contribution in [0.5, 0.6) is 0 Å². The summed E-state index contributed by atoms with van der Waals surface area (Å²) in [6.45, 7) is 2.90. The molecule has 0 spiro atoms. The average Bonchev–Trinajstić information content (AvgIpc) is 2.92. The van der Waals surface area contributed by atoms with Crippen LogP contribution in [0.3, 0.4) is 0 Å². The lowest BCUT2D eigenvalue weighted by atomic mass is 10.2. The van der Waals surface area contributed by atoms with Crippen molar-refractivity contribution in [1.82, 2.24) is 5.32 Å². The maximum atomic E-state index is 12.9. The van der Waals surface area contributed by atoms with Crippen molar-refractivity contribution in [1.29, 1.82) is 0 Å². The Hall–Kier alpha value is -1.26. The summed E-state index contributed by atoms with van der Waals surface area (Å²) >= 11 is 1.86. The number of hydrogen-bond donors (Lipinski definition) is 1. The summed E-state index contributed by atoms with van der Waals surface area (Å²) in [5.41, 5.74) is 0.896. The molecule has 1 aromatic carbocycles. The van der Waals surface area contributed by atoms with Crippen molar-refractivity contribution in [3.63, 3.8) is 0 Å². The van der Waals surface area contributed by atoms with E-state index in [1.54, 1.807) is 12.1 Å². The van der Waals surface area contributed by atoms with Gasteiger partial charge >= 0.3 is 0 Å². The molecule has 1 aromatic heterocycles. The van der Waals surface area contributed by atoms with Crippen LogP contribution in [0, 0.1) is 5.82 Å². The standard InChI is InChI=1S/C16H20FNOS/c1-12(9-10-20-2)18-11-15-7-8-16(19-15)13-3-5-14(17)6-4-13/h3-8,12,18H,9-11H2,1-2H3. The quantitative estimate of drug-likeness (QED) is 0.823. The van der Waals surface area contributed by atoms with Gasteiger partial charge in [0.05, 0.1) is 6.54 Å². The summed E-state index contributed by atoms with van der Waals surface area (Å²) in [5, 5.41) is 3.44. The first-order valence-corrected chi connectivity index (χ1v) is 8.15. The summed E-state index contributed by atoms with van der Waals surface area (Å²) in [6, 6.07) is 10.7. The van der Waals surface area contributed by atoms with Gasteiger partial charge < -0.3 is 9.73 Å². The molecule has 0 aliphatic carbocycles. The first-order chi connectivity index (χ1) is 9.69. The number of rotatable bonds is 7. The van der Waals surface area contributed by atoms with Gasteiger partial charge in [0.1, 0.15) is 17.3 Å². The normalized spacial score (nSPS) is 12.6. The van der Waals surface area contributed by atoms with E-state index in [1.807, 2.05) is 23.9 Å². The molecule has 0 saturated carbocycles. The first kappa shape index (κ1) is 15.1. The number of furan rings is 1. The molecule has 1 N–H and O–H groups in total. The van der Waals surface area contributed by atoms with Crippen molar-refractivity contribution in [3.05, 3.63) is 48.0 Å². The van der Waals surface area contributed by atoms with Crippen LogP contribution >= 0.6 is 11.8 Å². The first-order valence-electron chi connectivity index (χ1n) is 6.76. The topological polar surface area (TPSA) is 25.2 Å². The number of benzene rings is 1. The highest BCUT2D eigenvalue weighted by Gasteiger charge is 2.06. The van der Waals surface area contributed by atoms with Crippen molar-refractivity contribution in [3.8, 4) is 11.3 Å². The number of hydrogen-bond acceptors (Lipinski definition) is 3. The van der Waals surface area contributed by atoms with Crippen molar-refractivity contribution >= 4 is 11.8 Å². The van der Waals surface area contributed by atoms with E-state index in [0.29, 0.717) is 6.04 Å². The molecule has 2 rings (SSSR count). The van der Waals surface area contributed by atoms with E-state index in [-0.39, 0.29) is 5.82 Å². The Morgan fingerprint density at radius 2 is 1.95 bits per heavy atom. The van der Waals surface area contributed by atoms with E-state index in [4.69, 9.17) is 4.42 Å². The molecule has 0 radical (unpaired) electrons. The van der Waals surface area contributed by atoms with Crippen LogP contribution in [0.1, 0.15) is 19.1 Å². The van der Waals surface area contributed by atoms with Gasteiger partial charge in [-0.15, -0.1) is 0 Å². The molecule has 1 unspecified atom stereocenters. The molecule has 0 bridgehead atoms. The highest BCUT2D eigenvalue weighted by Crippen LogP contribution is 2.22. The van der Waals surface area contributed by atoms with E-state index in [0.717, 1.165) is 35.8 Å². The van der Waals surface area contributed by atoms with Gasteiger partial charge in [-0.25, -0.2) is 4.39 Å². The molecule has 0 aliphatic heterocycles. The molecule has 0 fully saturated rings. The van der Waals surface area contributed by atoms with Gasteiger partial charge in [0.15, 0.2) is 0 Å². The molecule has 4 heteroatoms. The lowest BCUT2D eigenvalue weighted by molar-refractivity contribution is 0.458. The van der Waals surface area contributed by atoms with Gasteiger partial charge in [-0.05, 0) is 61.8 Å². The van der Waals surface area contributed by atoms with Gasteiger partial charge in [0, 0.05) is 11.6 Å². The minimum Gasteiger partial charge on any atom is -0.460 e. The average molecular weight is 293 g/mol. The van der Waals surface area contributed by atoms with Crippen LogP contribution in [0.15, 0.2) is 40.8 Å². The van der Waals surface area contributed by atoms with Crippen molar-refractivity contribution in [2.24, 2.45) is 0 Å². The van der Waals surface area contributed by atoms with Crippen LogP contribution in [0.25, 0.3) is 11.3 Å². The molecular formula is C16H20FNOS. The Kier molecular flexibility index (Phi) is 5.68. The molecule has 1 heterocycles. The summed E-state index contributed by atoms with van der Waals surface area (Å²) in [5.74, 6) is 2.61. The Morgan fingerprint density at radius 3 is 2.65 bits per heavy atom. The summed E-state index contributed by atoms with van der Waals surface area (Å²) in [7, 11) is 0. The van der Waals surface area contributed by atoms with Crippen LogP contribution in [0.4, 0.5) is 4.39 Å². The molecule has 1 atom stereocenters. The third-order valence-corrected chi connectivity index (χ3v) is 3.81. The lowest BCUT2D eigenvalue weighted by Crippen LogP contribution is -2.25. The molecule has 20 heavy (non-hydrogen) atoms. The maximum absolute atomic E-state index is 12.9. The van der Waals surface area contributed by atoms with Crippen molar-refractivity contribution in [2.75, 3.05) is 12.0 Å². The number of nitrogens with one attached hydrogen (secondary N) is 1. The van der Waals surface area contributed by atoms with E-state index in [2.05, 4.69) is 18.5 Å². The van der Waals surface area contributed by atoms with Crippen LogP contribution in [-0.4, -0.2) is 18.1 Å². The summed E-state index contributed by atoms with van der Waals surface area (Å²) in [4.78, 5) is 0. The zero-order chi connectivity index (χ0) is 14.4. The second-order valence-corrected chi connectivity index (χ2v) is 5.82. The number of thioether (sulfide) groups is 1. The third kappa shape index (κ3) is 4.39. The predicted molar refractivity (Wildman–Crippen MR) is 83.4 cm³/mol. The second-order valence-electron chi connectivity index (χ2n) is 4.84. The van der Waals surface area contributed by atoms with Crippen LogP contribution in [-0.2, 0) is 6.54 Å². The highest BCUT2D eigenvalue weighted by molar-refractivity contribution is 7.98. The fourth-order valence-corrected chi connectivity index (χ4v) is 2.50. The lowest BCUT2D eigenvalue weighted by Gasteiger charge is -2.11. The van der Waals surface area contributed by atoms with E-state index in [1.165, 1.54) is 12.1 Å². The SMILES string of the molecule is CSCCC(C)NCc1ccc(-c2ccc(F)cc2)o1. The molecule has 108 valence electrons. The predicted octanol–water partition coefficient (Wildman–Crippen LogP) is 4.32. The van der Waals surface area contributed by atoms with Crippen LogP contribution < -0.4 is 5.32 Å². The van der Waals surface area contributed by atoms with Gasteiger partial charge in [0.25, 0.3) is 0 Å². The maximum Gasteiger partial charge on any atom is 0.134 e. The van der Waals surface area contributed by atoms with Crippen molar-refractivity contribution < 1.29 is 8.81 Å². The minimum atomic E-state index is -0.232. The molecule has 0 saturated heterocycles. The van der Waals surface area contributed by atoms with Gasteiger partial charge in [-0.2, -0.15) is 11.8 Å². The summed E-state index contributed by atoms with van der Waals surface area (Å²) < 4.78 is 18.7. The Balaban J connectivity index is 1.90. The molecule has 2 aromatic rings. The largest absolute Gasteiger partial charge is 0.460 e. The molecule has 0 amide bonds. The fourth-order valence-electron chi connectivity index (χ4n) is 1.91. The minimum absolute atomic E-state index is 0.232. The fraction of sp³-hybridized carbons (Fsp3) is 0.375. The molecule has 0 aliphatic rings. The van der Waals surface area contributed by atoms with E-state index in [9.17, 15) is 4.39 Å². The Labute approximate surface area is 123 Å². The van der Waals surface area contributed by atoms with E-state index >= 15 is 0 Å². The second kappa shape index (κ2) is 7.50. The van der Waals surface area contributed by atoms with E-state index < -0.39 is 0 Å². The van der Waals surface area contributed by atoms with Crippen molar-refractivity contribution in [2.45, 2.75) is 25.9 Å². The Morgan fingerprint density at radius 1 is 1.20 bits per heavy atom. The highest BCUT2D eigenvalue weighted by atomic mass is 32.2. The monoisotopic (exact) mass is 293 g/mol.